The minimum Gasteiger partial charge on any atom is -0.353 e. The summed E-state index contributed by atoms with van der Waals surface area (Å²) < 4.78 is 0. The highest BCUT2D eigenvalue weighted by Gasteiger charge is 2.13. The van der Waals surface area contributed by atoms with Crippen molar-refractivity contribution in [1.29, 1.82) is 0 Å². The molecule has 96 valence electrons. The van der Waals surface area contributed by atoms with Gasteiger partial charge >= 0.3 is 0 Å². The summed E-state index contributed by atoms with van der Waals surface area (Å²) in [6.45, 7) is 4.83. The maximum absolute atomic E-state index is 6.04. The fourth-order valence-electron chi connectivity index (χ4n) is 1.96. The zero-order chi connectivity index (χ0) is 13.1. The lowest BCUT2D eigenvalue weighted by Gasteiger charge is -2.21. The van der Waals surface area contributed by atoms with E-state index in [4.69, 9.17) is 11.6 Å². The number of hydrogen-bond acceptors (Lipinski definition) is 4. The van der Waals surface area contributed by atoms with Crippen molar-refractivity contribution < 1.29 is 0 Å². The van der Waals surface area contributed by atoms with Crippen LogP contribution in [-0.2, 0) is 12.4 Å². The number of hydrogen-bond donors (Lipinski definition) is 0. The highest BCUT2D eigenvalue weighted by Crippen LogP contribution is 2.24. The summed E-state index contributed by atoms with van der Waals surface area (Å²) in [5, 5.41) is 2.06. The molecular weight excluding hydrogens is 266 g/mol. The molecule has 0 aliphatic rings. The Labute approximate surface area is 116 Å². The Morgan fingerprint density at radius 1 is 1.39 bits per heavy atom. The molecular formula is C13H16ClN3S. The normalized spacial score (nSPS) is 10.7. The molecule has 0 spiro atoms. The molecule has 0 N–H and O–H groups in total. The lowest BCUT2D eigenvalue weighted by molar-refractivity contribution is 0.859. The predicted octanol–water partition coefficient (Wildman–Crippen LogP) is 3.53. The topological polar surface area (TPSA) is 29.0 Å². The molecule has 0 fully saturated rings. The smallest absolute Gasteiger partial charge is 0.133 e. The van der Waals surface area contributed by atoms with E-state index in [9.17, 15) is 0 Å². The van der Waals surface area contributed by atoms with Crippen molar-refractivity contribution in [2.24, 2.45) is 0 Å². The second kappa shape index (κ2) is 5.67. The first kappa shape index (κ1) is 13.3. The maximum Gasteiger partial charge on any atom is 0.133 e. The molecule has 0 aromatic carbocycles. The van der Waals surface area contributed by atoms with Crippen LogP contribution in [0.3, 0.4) is 0 Å². The van der Waals surface area contributed by atoms with Crippen LogP contribution in [0, 0.1) is 13.8 Å². The van der Waals surface area contributed by atoms with Crippen LogP contribution in [0.15, 0.2) is 17.0 Å². The molecule has 5 heteroatoms. The van der Waals surface area contributed by atoms with Gasteiger partial charge in [-0.05, 0) is 25.5 Å². The minimum atomic E-state index is 0.482. The molecule has 18 heavy (non-hydrogen) atoms. The molecule has 0 atom stereocenters. The minimum absolute atomic E-state index is 0.482. The van der Waals surface area contributed by atoms with Gasteiger partial charge in [0.1, 0.15) is 5.82 Å². The van der Waals surface area contributed by atoms with Crippen molar-refractivity contribution in [3.05, 3.63) is 39.5 Å². The van der Waals surface area contributed by atoms with E-state index in [0.717, 1.165) is 29.3 Å². The number of halogens is 1. The molecule has 0 aliphatic heterocycles. The Balaban J connectivity index is 2.31. The van der Waals surface area contributed by atoms with Crippen LogP contribution in [-0.4, -0.2) is 17.0 Å². The summed E-state index contributed by atoms with van der Waals surface area (Å²) in [5.41, 5.74) is 6.21. The van der Waals surface area contributed by atoms with Gasteiger partial charge in [0.15, 0.2) is 0 Å². The van der Waals surface area contributed by atoms with Crippen molar-refractivity contribution >= 4 is 28.8 Å². The quantitative estimate of drug-likeness (QED) is 0.803. The second-order valence-electron chi connectivity index (χ2n) is 4.35. The summed E-state index contributed by atoms with van der Waals surface area (Å²) >= 11 is 7.64. The van der Waals surface area contributed by atoms with Gasteiger partial charge < -0.3 is 4.90 Å². The van der Waals surface area contributed by atoms with E-state index in [1.807, 2.05) is 19.5 Å². The Bertz CT molecular complexity index is 525. The number of nitrogens with zero attached hydrogens (tertiary/aromatic N) is 3. The Hall–Kier alpha value is -1.13. The summed E-state index contributed by atoms with van der Waals surface area (Å²) in [7, 11) is 2.02. The molecule has 0 unspecified atom stereocenters. The standard InChI is InChI=1S/C13H16ClN3S/c1-9-4-10(2)16-13(12(9)5-14)17(3)6-11-7-18-8-15-11/h4,7-8H,5-6H2,1-3H3. The molecule has 0 amide bonds. The van der Waals surface area contributed by atoms with E-state index in [2.05, 4.69) is 33.2 Å². The molecule has 0 aliphatic carbocycles. The van der Waals surface area contributed by atoms with Crippen molar-refractivity contribution in [3.8, 4) is 0 Å². The molecule has 2 aromatic rings. The number of alkyl halides is 1. The molecule has 2 aromatic heterocycles. The monoisotopic (exact) mass is 281 g/mol. The van der Waals surface area contributed by atoms with Crippen LogP contribution in [0.1, 0.15) is 22.5 Å². The SMILES string of the molecule is Cc1cc(C)c(CCl)c(N(C)Cc2cscn2)n1. The van der Waals surface area contributed by atoms with Crippen molar-refractivity contribution in [2.45, 2.75) is 26.3 Å². The fourth-order valence-corrected chi connectivity index (χ4v) is 2.84. The molecule has 0 saturated heterocycles. The zero-order valence-electron chi connectivity index (χ0n) is 10.8. The number of anilines is 1. The van der Waals surface area contributed by atoms with Crippen LogP contribution < -0.4 is 4.90 Å². The Morgan fingerprint density at radius 2 is 2.17 bits per heavy atom. The van der Waals surface area contributed by atoms with E-state index in [0.29, 0.717) is 5.88 Å². The number of thiazole rings is 1. The third-order valence-electron chi connectivity index (χ3n) is 2.83. The average Bonchev–Trinajstić information content (AvgIpc) is 2.80. The first-order valence-corrected chi connectivity index (χ1v) is 7.21. The summed E-state index contributed by atoms with van der Waals surface area (Å²) in [5.74, 6) is 1.44. The zero-order valence-corrected chi connectivity index (χ0v) is 12.3. The third-order valence-corrected chi connectivity index (χ3v) is 3.73. The fraction of sp³-hybridized carbons (Fsp3) is 0.385. The van der Waals surface area contributed by atoms with Crippen molar-refractivity contribution in [1.82, 2.24) is 9.97 Å². The molecule has 0 bridgehead atoms. The van der Waals surface area contributed by atoms with E-state index in [1.165, 1.54) is 5.56 Å². The van der Waals surface area contributed by atoms with E-state index >= 15 is 0 Å². The van der Waals surface area contributed by atoms with Crippen LogP contribution >= 0.6 is 22.9 Å². The average molecular weight is 282 g/mol. The number of aryl methyl sites for hydroxylation is 2. The van der Waals surface area contributed by atoms with Crippen molar-refractivity contribution in [2.75, 3.05) is 11.9 Å². The van der Waals surface area contributed by atoms with Gasteiger partial charge in [-0.1, -0.05) is 0 Å². The summed E-state index contributed by atoms with van der Waals surface area (Å²) in [6.07, 6.45) is 0. The highest BCUT2D eigenvalue weighted by atomic mass is 35.5. The largest absolute Gasteiger partial charge is 0.353 e. The van der Waals surface area contributed by atoms with Crippen LogP contribution in [0.25, 0.3) is 0 Å². The van der Waals surface area contributed by atoms with Gasteiger partial charge in [-0.15, -0.1) is 22.9 Å². The van der Waals surface area contributed by atoms with Gasteiger partial charge in [0.2, 0.25) is 0 Å². The molecule has 0 saturated carbocycles. The van der Waals surface area contributed by atoms with E-state index in [1.54, 1.807) is 11.3 Å². The van der Waals surface area contributed by atoms with Crippen molar-refractivity contribution in [3.63, 3.8) is 0 Å². The Morgan fingerprint density at radius 3 is 2.78 bits per heavy atom. The number of rotatable bonds is 4. The summed E-state index contributed by atoms with van der Waals surface area (Å²) in [6, 6.07) is 2.07. The van der Waals surface area contributed by atoms with Crippen LogP contribution in [0.2, 0.25) is 0 Å². The van der Waals surface area contributed by atoms with Crippen LogP contribution in [0.5, 0.6) is 0 Å². The first-order valence-electron chi connectivity index (χ1n) is 5.73. The molecule has 2 rings (SSSR count). The lowest BCUT2D eigenvalue weighted by atomic mass is 10.1. The summed E-state index contributed by atoms with van der Waals surface area (Å²) in [4.78, 5) is 11.0. The number of aromatic nitrogens is 2. The third kappa shape index (κ3) is 2.82. The van der Waals surface area contributed by atoms with Gasteiger partial charge in [-0.3, -0.25) is 0 Å². The number of pyridine rings is 1. The molecule has 3 nitrogen and oxygen atoms in total. The lowest BCUT2D eigenvalue weighted by Crippen LogP contribution is -2.20. The maximum atomic E-state index is 6.04. The highest BCUT2D eigenvalue weighted by molar-refractivity contribution is 7.07. The molecule has 2 heterocycles. The van der Waals surface area contributed by atoms with Gasteiger partial charge in [0.05, 0.1) is 23.6 Å². The first-order chi connectivity index (χ1) is 8.61. The van der Waals surface area contributed by atoms with Gasteiger partial charge in [0, 0.05) is 23.7 Å². The van der Waals surface area contributed by atoms with Gasteiger partial charge in [0.25, 0.3) is 0 Å². The molecule has 0 radical (unpaired) electrons. The van der Waals surface area contributed by atoms with Gasteiger partial charge in [-0.25, -0.2) is 9.97 Å². The van der Waals surface area contributed by atoms with E-state index < -0.39 is 0 Å². The Kier molecular flexibility index (Phi) is 4.19. The predicted molar refractivity (Wildman–Crippen MR) is 77.5 cm³/mol. The van der Waals surface area contributed by atoms with Crippen LogP contribution in [0.4, 0.5) is 5.82 Å². The second-order valence-corrected chi connectivity index (χ2v) is 5.34. The van der Waals surface area contributed by atoms with E-state index in [-0.39, 0.29) is 0 Å². The van der Waals surface area contributed by atoms with Gasteiger partial charge in [-0.2, -0.15) is 0 Å².